The molecule has 3 aromatic carbocycles. The quantitative estimate of drug-likeness (QED) is 0.177. The van der Waals surface area contributed by atoms with E-state index in [1.165, 1.54) is 24.3 Å². The number of halogens is 3. The molecule has 0 spiro atoms. The van der Waals surface area contributed by atoms with E-state index in [0.29, 0.717) is 53.7 Å². The van der Waals surface area contributed by atoms with Crippen LogP contribution in [0.1, 0.15) is 74.3 Å². The molecule has 1 amide bonds. The van der Waals surface area contributed by atoms with Crippen molar-refractivity contribution in [3.05, 3.63) is 101 Å². The number of amides is 1. The van der Waals surface area contributed by atoms with Crippen LogP contribution in [0.4, 0.5) is 13.2 Å². The summed E-state index contributed by atoms with van der Waals surface area (Å²) in [4.78, 5) is 37.0. The highest BCUT2D eigenvalue weighted by Crippen LogP contribution is 2.40. The first-order chi connectivity index (χ1) is 23.4. The van der Waals surface area contributed by atoms with E-state index >= 15 is 13.2 Å². The predicted octanol–water partition coefficient (Wildman–Crippen LogP) is 8.52. The van der Waals surface area contributed by atoms with Gasteiger partial charge < -0.3 is 24.7 Å². The van der Waals surface area contributed by atoms with Gasteiger partial charge >= 0.3 is 5.97 Å². The van der Waals surface area contributed by atoms with Crippen molar-refractivity contribution in [1.82, 2.24) is 19.9 Å². The van der Waals surface area contributed by atoms with Gasteiger partial charge in [0, 0.05) is 73.0 Å². The lowest BCUT2D eigenvalue weighted by Gasteiger charge is -2.30. The summed E-state index contributed by atoms with van der Waals surface area (Å²) in [5.41, 5.74) is 2.17. The monoisotopic (exact) mass is 672 g/mol. The number of benzene rings is 3. The van der Waals surface area contributed by atoms with Crippen molar-refractivity contribution in [3.8, 4) is 22.9 Å². The van der Waals surface area contributed by atoms with Crippen LogP contribution in [0.3, 0.4) is 0 Å². The third-order valence-corrected chi connectivity index (χ3v) is 9.59. The summed E-state index contributed by atoms with van der Waals surface area (Å²) >= 11 is 0. The van der Waals surface area contributed by atoms with Crippen molar-refractivity contribution >= 4 is 22.8 Å². The van der Waals surface area contributed by atoms with Crippen molar-refractivity contribution < 1.29 is 32.6 Å². The van der Waals surface area contributed by atoms with E-state index in [9.17, 15) is 14.7 Å². The minimum Gasteiger partial charge on any atom is -0.481 e. The van der Waals surface area contributed by atoms with E-state index < -0.39 is 29.3 Å². The molecule has 0 aliphatic carbocycles. The molecule has 1 aliphatic heterocycles. The Morgan fingerprint density at radius 1 is 1.08 bits per heavy atom. The molecule has 1 atom stereocenters. The summed E-state index contributed by atoms with van der Waals surface area (Å²) in [6, 6.07) is 12.2. The molecular formula is C38H39F3N4O4. The zero-order valence-electron chi connectivity index (χ0n) is 27.7. The Labute approximate surface area is 282 Å². The average molecular weight is 673 g/mol. The molecule has 5 aromatic rings. The number of carboxylic acids is 1. The minimum absolute atomic E-state index is 0.0408. The van der Waals surface area contributed by atoms with Gasteiger partial charge in [0.15, 0.2) is 11.6 Å². The molecule has 256 valence electrons. The number of fused-ring (bicyclic) bond motifs is 8. The lowest BCUT2D eigenvalue weighted by Crippen LogP contribution is -2.31. The first-order valence-electron chi connectivity index (χ1n) is 16.4. The number of nitrogens with one attached hydrogen (secondary N) is 2. The summed E-state index contributed by atoms with van der Waals surface area (Å²) in [7, 11) is 1.75. The molecule has 1 aliphatic rings. The lowest BCUT2D eigenvalue weighted by atomic mass is 9.79. The molecule has 2 aromatic heterocycles. The molecule has 4 bridgehead atoms. The number of imidazole rings is 1. The topological polar surface area (TPSA) is 111 Å². The molecule has 0 saturated heterocycles. The van der Waals surface area contributed by atoms with E-state index in [2.05, 4.69) is 28.8 Å². The number of aliphatic carboxylic acids is 1. The van der Waals surface area contributed by atoms with Gasteiger partial charge in [0.2, 0.25) is 5.91 Å². The number of nitrogens with zero attached hydrogens (tertiary/aromatic N) is 2. The Bertz CT molecular complexity index is 2020. The first-order valence-corrected chi connectivity index (χ1v) is 16.4. The third kappa shape index (κ3) is 7.35. The van der Waals surface area contributed by atoms with Crippen LogP contribution < -0.4 is 4.74 Å². The van der Waals surface area contributed by atoms with Crippen LogP contribution in [0.15, 0.2) is 60.9 Å². The van der Waals surface area contributed by atoms with E-state index in [4.69, 9.17) is 4.74 Å². The van der Waals surface area contributed by atoms with Gasteiger partial charge in [-0.2, -0.15) is 0 Å². The van der Waals surface area contributed by atoms with Crippen LogP contribution in [-0.4, -0.2) is 50.4 Å². The molecule has 0 fully saturated rings. The Morgan fingerprint density at radius 3 is 2.69 bits per heavy atom. The molecule has 8 nitrogen and oxygen atoms in total. The van der Waals surface area contributed by atoms with Gasteiger partial charge in [-0.15, -0.1) is 0 Å². The van der Waals surface area contributed by atoms with Crippen LogP contribution in [0.25, 0.3) is 22.3 Å². The van der Waals surface area contributed by atoms with Crippen molar-refractivity contribution in [2.24, 2.45) is 5.41 Å². The van der Waals surface area contributed by atoms with Crippen LogP contribution in [0, 0.1) is 22.9 Å². The number of hydrogen-bond donors (Lipinski definition) is 3. The van der Waals surface area contributed by atoms with Crippen molar-refractivity contribution in [2.75, 3.05) is 13.6 Å². The van der Waals surface area contributed by atoms with Gasteiger partial charge in [-0.25, -0.2) is 18.2 Å². The molecule has 1 unspecified atom stereocenters. The maximum atomic E-state index is 16.0. The highest BCUT2D eigenvalue weighted by atomic mass is 19.1. The fraction of sp³-hybridized carbons (Fsp3) is 0.342. The number of aromatic nitrogens is 3. The zero-order chi connectivity index (χ0) is 34.9. The maximum Gasteiger partial charge on any atom is 0.303 e. The van der Waals surface area contributed by atoms with Crippen molar-refractivity contribution in [1.29, 1.82) is 0 Å². The lowest BCUT2D eigenvalue weighted by molar-refractivity contribution is -0.137. The highest BCUT2D eigenvalue weighted by molar-refractivity contribution is 5.86. The maximum absolute atomic E-state index is 16.0. The molecule has 3 N–H and O–H groups in total. The smallest absolute Gasteiger partial charge is 0.303 e. The van der Waals surface area contributed by atoms with E-state index in [1.54, 1.807) is 42.5 Å². The molecule has 3 heterocycles. The number of hydrogen-bond acceptors (Lipinski definition) is 4. The number of aryl methyl sites for hydroxylation is 2. The molecule has 11 heteroatoms. The second-order valence-electron chi connectivity index (χ2n) is 13.6. The van der Waals surface area contributed by atoms with Crippen LogP contribution in [0.5, 0.6) is 11.5 Å². The minimum atomic E-state index is -1.02. The van der Waals surface area contributed by atoms with Gasteiger partial charge in [0.25, 0.3) is 0 Å². The number of H-pyrrole nitrogens is 2. The largest absolute Gasteiger partial charge is 0.481 e. The number of aromatic amines is 2. The van der Waals surface area contributed by atoms with E-state index in [0.717, 1.165) is 5.39 Å². The molecule has 49 heavy (non-hydrogen) atoms. The molecule has 0 radical (unpaired) electrons. The van der Waals surface area contributed by atoms with Gasteiger partial charge in [-0.3, -0.25) is 9.59 Å². The molecule has 0 saturated carbocycles. The Kier molecular flexibility index (Phi) is 9.54. The van der Waals surface area contributed by atoms with E-state index in [-0.39, 0.29) is 59.9 Å². The van der Waals surface area contributed by atoms with Crippen molar-refractivity contribution in [3.63, 3.8) is 0 Å². The first kappa shape index (κ1) is 33.8. The van der Waals surface area contributed by atoms with Crippen molar-refractivity contribution in [2.45, 2.75) is 64.7 Å². The summed E-state index contributed by atoms with van der Waals surface area (Å²) in [6.07, 6.45) is 5.27. The predicted molar refractivity (Wildman–Crippen MR) is 180 cm³/mol. The number of carbonyl (C=O) groups excluding carboxylic acids is 1. The SMILES string of the molecule is CN1CCC(C)(C)CCC(c2cccc(CCC(=O)O)c2F)c2cnc([nH]2)-c2cc(ccc2F)Oc2c(F)cc3[nH]ccc3c2CCC1=O. The number of rotatable bonds is 4. The van der Waals surface area contributed by atoms with Gasteiger partial charge in [-0.1, -0.05) is 32.0 Å². The Morgan fingerprint density at radius 2 is 1.90 bits per heavy atom. The summed E-state index contributed by atoms with van der Waals surface area (Å²) < 4.78 is 53.1. The Balaban J connectivity index is 1.45. The summed E-state index contributed by atoms with van der Waals surface area (Å²) in [5.74, 6) is -3.01. The molecular weight excluding hydrogens is 633 g/mol. The Hall–Kier alpha value is -5.06. The van der Waals surface area contributed by atoms with Gasteiger partial charge in [-0.05, 0) is 72.9 Å². The second kappa shape index (κ2) is 13.8. The number of carboxylic acid groups (broad SMARTS) is 1. The standard InChI is InChI=1S/C38H39F3N4O4/c1-38(2)15-13-24(26-6-4-5-22(35(26)41)7-12-34(47)48)32-21-43-37(44-32)28-19-23(8-10-29(28)39)49-36-27(9-11-33(46)45(3)18-16-38)25-14-17-42-31(25)20-30(36)40/h4-6,8,10,14,17,19-21,24,42H,7,9,11-13,15-16,18H2,1-3H3,(H,43,44)(H,47,48). The second-order valence-corrected chi connectivity index (χ2v) is 13.6. The molecule has 6 rings (SSSR count). The highest BCUT2D eigenvalue weighted by Gasteiger charge is 2.28. The fourth-order valence-corrected chi connectivity index (χ4v) is 6.56. The van der Waals surface area contributed by atoms with Crippen LogP contribution in [-0.2, 0) is 22.4 Å². The van der Waals surface area contributed by atoms with E-state index in [1.807, 2.05) is 6.07 Å². The number of ether oxygens (including phenoxy) is 1. The number of carbonyl (C=O) groups is 2. The van der Waals surface area contributed by atoms with Gasteiger partial charge in [0.1, 0.15) is 23.2 Å². The van der Waals surface area contributed by atoms with Gasteiger partial charge in [0.05, 0.1) is 5.56 Å². The summed E-state index contributed by atoms with van der Waals surface area (Å²) in [5, 5.41) is 9.93. The zero-order valence-corrected chi connectivity index (χ0v) is 27.7. The van der Waals surface area contributed by atoms with Crippen LogP contribution in [0.2, 0.25) is 0 Å². The fourth-order valence-electron chi connectivity index (χ4n) is 6.56. The third-order valence-electron chi connectivity index (χ3n) is 9.59. The normalized spacial score (nSPS) is 17.1. The average Bonchev–Trinajstić information content (AvgIpc) is 3.74. The summed E-state index contributed by atoms with van der Waals surface area (Å²) in [6.45, 7) is 4.69. The van der Waals surface area contributed by atoms with Crippen LogP contribution >= 0.6 is 0 Å².